The Morgan fingerprint density at radius 2 is 0.837 bits per heavy atom. The molecule has 0 bridgehead atoms. The van der Waals surface area contributed by atoms with Gasteiger partial charge in [0.25, 0.3) is 18.6 Å². The molecule has 49 heavy (non-hydrogen) atoms. The summed E-state index contributed by atoms with van der Waals surface area (Å²) < 4.78 is 90.1. The van der Waals surface area contributed by atoms with E-state index in [1.54, 1.807) is 0 Å². The number of hydrogen-bond acceptors (Lipinski definition) is 12. The van der Waals surface area contributed by atoms with Gasteiger partial charge in [-0.2, -0.15) is 0 Å². The molecular weight excluding hydrogens is 845 g/mol. The maximum absolute atomic E-state index is 6.16. The third-order valence-electron chi connectivity index (χ3n) is 5.48. The molecule has 2 fully saturated rings. The molecule has 0 N–H and O–H groups in total. The highest BCUT2D eigenvalue weighted by Gasteiger charge is 2.50. The average molecular weight is 932 g/mol. The van der Waals surface area contributed by atoms with Gasteiger partial charge in [-0.1, -0.05) is 0 Å². The summed E-state index contributed by atoms with van der Waals surface area (Å²) in [7, 11) is -19.4. The Balaban J connectivity index is -0.000000301. The summed E-state index contributed by atoms with van der Waals surface area (Å²) in [6, 6.07) is 0. The topological polar surface area (TPSA) is 111 Å². The smallest absolute Gasteiger partial charge is 0.314 e. The molecule has 25 heteroatoms. The normalized spacial score (nSPS) is 27.6. The Bertz CT molecular complexity index is 791. The van der Waals surface area contributed by atoms with E-state index >= 15 is 0 Å². The predicted octanol–water partition coefficient (Wildman–Crippen LogP) is 5.85. The minimum Gasteiger partial charge on any atom is -0.461 e. The first kappa shape index (κ1) is 49.4. The van der Waals surface area contributed by atoms with Gasteiger partial charge in [0, 0.05) is 5.94 Å². The molecule has 0 aromatic heterocycles. The zero-order valence-electron chi connectivity index (χ0n) is 39.6. The fourth-order valence-corrected chi connectivity index (χ4v) is 50.3. The van der Waals surface area contributed by atoms with Gasteiger partial charge >= 0.3 is 61.4 Å². The van der Waals surface area contributed by atoms with Gasteiger partial charge < -0.3 is 50.0 Å². The molecule has 2 saturated heterocycles. The van der Waals surface area contributed by atoms with Gasteiger partial charge in [-0.25, -0.2) is 0 Å². The van der Waals surface area contributed by atoms with E-state index in [-0.39, 0.29) is 6.29 Å². The van der Waals surface area contributed by atoms with E-state index in [1.807, 2.05) is 26.6 Å². The Morgan fingerprint density at radius 1 is 0.531 bits per heavy atom. The van der Waals surface area contributed by atoms with E-state index in [4.69, 9.17) is 55.9 Å². The van der Waals surface area contributed by atoms with Gasteiger partial charge in [-0.15, -0.1) is 0 Å². The molecule has 3 unspecified atom stereocenters. The van der Waals surface area contributed by atoms with Crippen molar-refractivity contribution in [3.63, 3.8) is 0 Å². The van der Waals surface area contributed by atoms with Crippen LogP contribution < -0.4 is 0 Å². The van der Waals surface area contributed by atoms with E-state index in [0.717, 1.165) is 0 Å². The second kappa shape index (κ2) is 24.1. The summed E-state index contributed by atoms with van der Waals surface area (Å²) in [6.45, 7) is 48.4. The zero-order chi connectivity index (χ0) is 43.2. The van der Waals surface area contributed by atoms with Crippen molar-refractivity contribution in [3.8, 4) is 0 Å². The van der Waals surface area contributed by atoms with Crippen molar-refractivity contribution in [1.29, 1.82) is 0 Å². The zero-order valence-corrected chi connectivity index (χ0v) is 49.8. The molecule has 2 heterocycles. The van der Waals surface area contributed by atoms with Crippen LogP contribution in [0.15, 0.2) is 0 Å². The first-order valence-corrected chi connectivity index (χ1v) is 51.4. The minimum atomic E-state index is -2.11. The Hall–Kier alpha value is 2.34. The summed E-state index contributed by atoms with van der Waals surface area (Å²) in [5.74, 6) is 0. The maximum Gasteiger partial charge on any atom is 0.314 e. The molecule has 2 aliphatic heterocycles. The van der Waals surface area contributed by atoms with E-state index < -0.39 is 116 Å². The molecule has 3 atom stereocenters. The van der Waals surface area contributed by atoms with E-state index in [1.165, 1.54) is 0 Å². The molecular formula is C24H82O12Si13. The lowest BCUT2D eigenvalue weighted by Crippen LogP contribution is -2.64. The molecule has 12 nitrogen and oxygen atoms in total. The molecule has 0 aromatic rings. The van der Waals surface area contributed by atoms with Crippen LogP contribution in [-0.4, -0.2) is 122 Å². The van der Waals surface area contributed by atoms with Crippen LogP contribution in [0, 0.1) is 0 Å². The summed E-state index contributed by atoms with van der Waals surface area (Å²) >= 11 is 0. The molecule has 302 valence electrons. The van der Waals surface area contributed by atoms with E-state index in [2.05, 4.69) is 124 Å². The van der Waals surface area contributed by atoms with Crippen LogP contribution in [-0.2, 0) is 50.0 Å². The fourth-order valence-electron chi connectivity index (χ4n) is 5.61. The van der Waals surface area contributed by atoms with E-state index in [0.29, 0.717) is 0 Å². The standard InChI is InChI=1S/C8H24O4Si4.C7H24O3Si4.C5H16O4Si3.C4H14OSi2.2H2/c1-13(2)9-14(3,4)11-16(7,8)12-15(5,6)10-13;1-11(2)8-13(5)10-14(6,7)9-12(3)4;1-5-6-10(2)8-12(4)9-11(3)7-5;1-6(2)5-7(3)4;;/h1-8H3;11-13H,1-7H3;5,10-12H,1-4H3;6-7H,1-4H3;2*1H/i;;;;2*1+1D. The van der Waals surface area contributed by atoms with Gasteiger partial charge in [0.2, 0.25) is 0 Å². The molecule has 0 spiro atoms. The van der Waals surface area contributed by atoms with Crippen LogP contribution in [0.2, 0.25) is 144 Å². The van der Waals surface area contributed by atoms with Crippen LogP contribution in [0.25, 0.3) is 0 Å². The van der Waals surface area contributed by atoms with Crippen molar-refractivity contribution in [1.82, 2.24) is 0 Å². The molecule has 0 amide bonds. The summed E-state index contributed by atoms with van der Waals surface area (Å²) in [6.07, 6.45) is -0.144. The van der Waals surface area contributed by atoms with Crippen LogP contribution in [0.4, 0.5) is 0 Å². The average Bonchev–Trinajstić information content (AvgIpc) is 2.85. The van der Waals surface area contributed by atoms with Gasteiger partial charge in [-0.3, -0.25) is 0 Å². The van der Waals surface area contributed by atoms with Crippen molar-refractivity contribution in [2.75, 3.05) is 0 Å². The summed E-state index contributed by atoms with van der Waals surface area (Å²) in [5, 5.41) is 0. The van der Waals surface area contributed by atoms with Crippen molar-refractivity contribution in [2.24, 2.45) is 0 Å². The second-order valence-corrected chi connectivity index (χ2v) is 52.5. The molecule has 0 saturated carbocycles. The molecule has 0 radical (unpaired) electrons. The van der Waals surface area contributed by atoms with Crippen LogP contribution in [0.5, 0.6) is 0 Å². The third kappa shape index (κ3) is 32.3. The van der Waals surface area contributed by atoms with Gasteiger partial charge in [-0.05, 0) is 151 Å². The number of hydrogen-bond donors (Lipinski definition) is 0. The molecule has 2 aliphatic rings. The molecule has 0 aliphatic carbocycles. The lowest BCUT2D eigenvalue weighted by atomic mass is 10.8. The van der Waals surface area contributed by atoms with Crippen LogP contribution in [0.3, 0.4) is 0 Å². The Kier molecular flexibility index (Phi) is 24.3. The Morgan fingerprint density at radius 3 is 1.08 bits per heavy atom. The second-order valence-electron chi connectivity index (χ2n) is 15.5. The highest BCUT2D eigenvalue weighted by molar-refractivity contribution is 6.92. The highest BCUT2D eigenvalue weighted by atomic mass is 28.5. The van der Waals surface area contributed by atoms with E-state index in [9.17, 15) is 0 Å². The van der Waals surface area contributed by atoms with Crippen LogP contribution >= 0.6 is 0 Å². The highest BCUT2D eigenvalue weighted by Crippen LogP contribution is 2.30. The predicted molar refractivity (Wildman–Crippen MR) is 242 cm³/mol. The minimum absolute atomic E-state index is 0.144. The monoisotopic (exact) mass is 930 g/mol. The third-order valence-corrected chi connectivity index (χ3v) is 44.7. The first-order valence-electron chi connectivity index (χ1n) is 19.8. The largest absolute Gasteiger partial charge is 0.461 e. The SMILES string of the molecule is CC1O[SiH](C)O[SiH](C)O[SiH](C)O1.C[SiH](C)O[SiH](C)C.C[SiH](C)O[SiH](C)O[Si](C)(C)O[SiH](C)C.C[Si]1(C)O[Si](C)(C)O[Si](C)(C)O[Si](C)(C)O1.[2H][2H].[2H][2H]. The van der Waals surface area contributed by atoms with Crippen LogP contribution in [0.1, 0.15) is 12.9 Å². The lowest BCUT2D eigenvalue weighted by molar-refractivity contribution is -0.0131. The van der Waals surface area contributed by atoms with Crippen molar-refractivity contribution in [2.45, 2.75) is 157 Å². The maximum atomic E-state index is 6.16. The molecule has 2 rings (SSSR count). The first-order chi connectivity index (χ1) is 23.8. The molecule has 0 aromatic carbocycles. The van der Waals surface area contributed by atoms with Gasteiger partial charge in [0.1, 0.15) is 6.29 Å². The fraction of sp³-hybridized carbons (Fsp3) is 1.00. The van der Waals surface area contributed by atoms with Crippen molar-refractivity contribution < 1.29 is 55.9 Å². The quantitative estimate of drug-likeness (QED) is 0.273. The van der Waals surface area contributed by atoms with Crippen molar-refractivity contribution >= 4 is 116 Å². The van der Waals surface area contributed by atoms with Gasteiger partial charge in [0.15, 0.2) is 36.2 Å². The summed E-state index contributed by atoms with van der Waals surface area (Å²) in [4.78, 5) is 0. The Labute approximate surface area is 327 Å². The van der Waals surface area contributed by atoms with Gasteiger partial charge in [0.05, 0.1) is 0 Å². The van der Waals surface area contributed by atoms with Crippen molar-refractivity contribution in [3.05, 3.63) is 0 Å². The summed E-state index contributed by atoms with van der Waals surface area (Å²) in [5.41, 5.74) is 0. The lowest BCUT2D eigenvalue weighted by Gasteiger charge is -2.46. The number of rotatable bonds is 8.